The third-order valence-electron chi connectivity index (χ3n) is 5.18. The van der Waals surface area contributed by atoms with Gasteiger partial charge in [-0.25, -0.2) is 4.99 Å². The van der Waals surface area contributed by atoms with Crippen LogP contribution in [0.5, 0.6) is 11.5 Å². The Morgan fingerprint density at radius 2 is 1.80 bits per heavy atom. The molecule has 1 saturated heterocycles. The number of thioether (sulfide) groups is 1. The minimum atomic E-state index is -0.228. The number of benzene rings is 3. The summed E-state index contributed by atoms with van der Waals surface area (Å²) in [6.45, 7) is 4.25. The zero-order valence-electron chi connectivity index (χ0n) is 19.1. The van der Waals surface area contributed by atoms with E-state index in [1.807, 2.05) is 44.2 Å². The summed E-state index contributed by atoms with van der Waals surface area (Å²) in [6, 6.07) is 14.8. The first kappa shape index (κ1) is 25.6. The summed E-state index contributed by atoms with van der Waals surface area (Å²) >= 11 is 17.6. The average molecular weight is 592 g/mol. The van der Waals surface area contributed by atoms with Gasteiger partial charge >= 0.3 is 0 Å². The molecule has 1 heterocycles. The summed E-state index contributed by atoms with van der Waals surface area (Å²) in [6.07, 6.45) is 1.74. The van der Waals surface area contributed by atoms with Crippen LogP contribution >= 0.6 is 50.9 Å². The summed E-state index contributed by atoms with van der Waals surface area (Å²) in [5, 5.41) is 4.30. The molecule has 0 atom stereocenters. The van der Waals surface area contributed by atoms with E-state index >= 15 is 0 Å². The van der Waals surface area contributed by atoms with Crippen molar-refractivity contribution in [1.29, 1.82) is 0 Å². The number of rotatable bonds is 6. The summed E-state index contributed by atoms with van der Waals surface area (Å²) in [5.41, 5.74) is 4.46. The highest BCUT2D eigenvalue weighted by Crippen LogP contribution is 2.39. The van der Waals surface area contributed by atoms with Crippen LogP contribution in [0.4, 0.5) is 5.69 Å². The summed E-state index contributed by atoms with van der Waals surface area (Å²) in [7, 11) is 1.54. The maximum absolute atomic E-state index is 12.6. The van der Waals surface area contributed by atoms with E-state index < -0.39 is 0 Å². The number of carbonyl (C=O) groups excluding carboxylic acids is 1. The predicted molar refractivity (Wildman–Crippen MR) is 148 cm³/mol. The van der Waals surface area contributed by atoms with Crippen molar-refractivity contribution in [2.45, 2.75) is 20.5 Å². The highest BCUT2D eigenvalue weighted by molar-refractivity contribution is 9.10. The largest absolute Gasteiger partial charge is 0.493 e. The van der Waals surface area contributed by atoms with Crippen LogP contribution in [0.25, 0.3) is 6.08 Å². The Labute approximate surface area is 226 Å². The molecule has 180 valence electrons. The number of aliphatic imine (C=N–C) groups is 1. The Kier molecular flexibility index (Phi) is 8.12. The van der Waals surface area contributed by atoms with Gasteiger partial charge in [-0.15, -0.1) is 0 Å². The van der Waals surface area contributed by atoms with Gasteiger partial charge in [-0.05, 0) is 78.7 Å². The quantitative estimate of drug-likeness (QED) is 0.296. The number of hydrogen-bond donors (Lipinski definition) is 1. The van der Waals surface area contributed by atoms with E-state index in [1.165, 1.54) is 18.9 Å². The van der Waals surface area contributed by atoms with Crippen molar-refractivity contribution in [3.05, 3.63) is 90.2 Å². The molecule has 3 aromatic rings. The van der Waals surface area contributed by atoms with Gasteiger partial charge in [0.25, 0.3) is 5.91 Å². The molecular formula is C26H21BrCl2N2O3S. The average Bonchev–Trinajstić information content (AvgIpc) is 3.15. The fourth-order valence-electron chi connectivity index (χ4n) is 3.47. The molecule has 5 nitrogen and oxygen atoms in total. The van der Waals surface area contributed by atoms with Crippen molar-refractivity contribution in [1.82, 2.24) is 5.32 Å². The Bertz CT molecular complexity index is 1350. The van der Waals surface area contributed by atoms with Gasteiger partial charge in [0.05, 0.1) is 22.7 Å². The Balaban J connectivity index is 1.55. The Hall–Kier alpha value is -2.45. The molecule has 3 aromatic carbocycles. The van der Waals surface area contributed by atoms with Crippen molar-refractivity contribution in [3.63, 3.8) is 0 Å². The van der Waals surface area contributed by atoms with Gasteiger partial charge in [-0.2, -0.15) is 0 Å². The molecule has 0 unspecified atom stereocenters. The summed E-state index contributed by atoms with van der Waals surface area (Å²) in [4.78, 5) is 17.7. The number of methoxy groups -OCH3 is 1. The van der Waals surface area contributed by atoms with E-state index in [-0.39, 0.29) is 12.5 Å². The molecule has 0 radical (unpaired) electrons. The fraction of sp³-hybridized carbons (Fsp3) is 0.154. The van der Waals surface area contributed by atoms with Crippen LogP contribution in [0.3, 0.4) is 0 Å². The number of nitrogens with zero attached hydrogens (tertiary/aromatic N) is 1. The summed E-state index contributed by atoms with van der Waals surface area (Å²) < 4.78 is 12.5. The number of halogens is 3. The molecule has 4 rings (SSSR count). The molecule has 0 saturated carbocycles. The first-order chi connectivity index (χ1) is 16.7. The second-order valence-electron chi connectivity index (χ2n) is 7.79. The Morgan fingerprint density at radius 3 is 2.49 bits per heavy atom. The van der Waals surface area contributed by atoms with E-state index in [4.69, 9.17) is 32.7 Å². The molecule has 0 spiro atoms. The van der Waals surface area contributed by atoms with Crippen LogP contribution < -0.4 is 14.8 Å². The van der Waals surface area contributed by atoms with Crippen LogP contribution in [0.1, 0.15) is 22.3 Å². The SMILES string of the molecule is COc1cc(/C=C2\SC(=Nc3cc(C)c(Br)c(C)c3)NC2=O)cc(Cl)c1OCc1ccccc1Cl. The lowest BCUT2D eigenvalue weighted by Gasteiger charge is -2.14. The number of nitrogens with one attached hydrogen (secondary N) is 1. The zero-order chi connectivity index (χ0) is 25.1. The molecule has 0 bridgehead atoms. The van der Waals surface area contributed by atoms with E-state index in [0.717, 1.165) is 26.9 Å². The molecule has 0 aromatic heterocycles. The van der Waals surface area contributed by atoms with Crippen LogP contribution in [-0.4, -0.2) is 18.2 Å². The highest BCUT2D eigenvalue weighted by Gasteiger charge is 2.24. The molecule has 1 aliphatic heterocycles. The van der Waals surface area contributed by atoms with Crippen LogP contribution in [0.2, 0.25) is 10.0 Å². The first-order valence-corrected chi connectivity index (χ1v) is 12.9. The number of carbonyl (C=O) groups is 1. The van der Waals surface area contributed by atoms with Gasteiger partial charge < -0.3 is 14.8 Å². The molecule has 9 heteroatoms. The van der Waals surface area contributed by atoms with Crippen molar-refractivity contribution in [2.24, 2.45) is 4.99 Å². The van der Waals surface area contributed by atoms with Crippen LogP contribution in [0, 0.1) is 13.8 Å². The lowest BCUT2D eigenvalue weighted by Crippen LogP contribution is -2.19. The second-order valence-corrected chi connectivity index (χ2v) is 10.4. The first-order valence-electron chi connectivity index (χ1n) is 10.5. The van der Waals surface area contributed by atoms with Crippen molar-refractivity contribution >= 4 is 73.7 Å². The van der Waals surface area contributed by atoms with Crippen LogP contribution in [-0.2, 0) is 11.4 Å². The molecule has 1 amide bonds. The number of ether oxygens (including phenoxy) is 2. The van der Waals surface area contributed by atoms with Crippen molar-refractivity contribution in [3.8, 4) is 11.5 Å². The molecular weight excluding hydrogens is 571 g/mol. The van der Waals surface area contributed by atoms with Crippen molar-refractivity contribution < 1.29 is 14.3 Å². The van der Waals surface area contributed by atoms with Gasteiger partial charge in [0, 0.05) is 15.1 Å². The van der Waals surface area contributed by atoms with E-state index in [0.29, 0.717) is 37.2 Å². The highest BCUT2D eigenvalue weighted by atomic mass is 79.9. The smallest absolute Gasteiger partial charge is 0.264 e. The second kappa shape index (κ2) is 11.1. The van der Waals surface area contributed by atoms with Gasteiger partial charge in [-0.1, -0.05) is 57.3 Å². The van der Waals surface area contributed by atoms with E-state index in [9.17, 15) is 4.79 Å². The molecule has 1 fully saturated rings. The Morgan fingerprint density at radius 1 is 1.09 bits per heavy atom. The normalized spacial score (nSPS) is 15.5. The van der Waals surface area contributed by atoms with Gasteiger partial charge in [-0.3, -0.25) is 4.79 Å². The standard InChI is InChI=1S/C26H21BrCl2N2O3S/c1-14-8-18(9-15(2)23(14)27)30-26-31-25(32)22(35-26)12-16-10-20(29)24(21(11-16)33-3)34-13-17-6-4-5-7-19(17)28/h4-12H,13H2,1-3H3,(H,30,31,32)/b22-12-. The third-order valence-corrected chi connectivity index (χ3v) is 7.99. The van der Waals surface area contributed by atoms with E-state index in [2.05, 4.69) is 26.2 Å². The number of aryl methyl sites for hydroxylation is 2. The van der Waals surface area contributed by atoms with Crippen LogP contribution in [0.15, 0.2) is 62.9 Å². The minimum absolute atomic E-state index is 0.228. The van der Waals surface area contributed by atoms with Gasteiger partial charge in [0.2, 0.25) is 0 Å². The fourth-order valence-corrected chi connectivity index (χ4v) is 5.00. The minimum Gasteiger partial charge on any atom is -0.493 e. The maximum Gasteiger partial charge on any atom is 0.264 e. The number of amides is 1. The molecule has 0 aliphatic carbocycles. The zero-order valence-corrected chi connectivity index (χ0v) is 23.0. The molecule has 35 heavy (non-hydrogen) atoms. The molecule has 1 aliphatic rings. The monoisotopic (exact) mass is 590 g/mol. The number of hydrogen-bond acceptors (Lipinski definition) is 5. The predicted octanol–water partition coefficient (Wildman–Crippen LogP) is 7.85. The van der Waals surface area contributed by atoms with Gasteiger partial charge in [0.15, 0.2) is 16.7 Å². The lowest BCUT2D eigenvalue weighted by atomic mass is 10.1. The lowest BCUT2D eigenvalue weighted by molar-refractivity contribution is -0.115. The van der Waals surface area contributed by atoms with E-state index in [1.54, 1.807) is 24.3 Å². The number of amidine groups is 1. The van der Waals surface area contributed by atoms with Gasteiger partial charge in [0.1, 0.15) is 6.61 Å². The topological polar surface area (TPSA) is 59.9 Å². The third kappa shape index (κ3) is 6.04. The maximum atomic E-state index is 12.6. The summed E-state index contributed by atoms with van der Waals surface area (Å²) in [5.74, 6) is 0.631. The van der Waals surface area contributed by atoms with Crippen molar-refractivity contribution in [2.75, 3.05) is 7.11 Å². The molecule has 1 N–H and O–H groups in total.